The SMILES string of the molecule is CCN(CC(=O)OC(C)(C)C)C(=O)C(CC(C)C)OC(=O)Nc1ccc(C(F)(F)F)cc1. The Morgan fingerprint density at radius 1 is 1.06 bits per heavy atom. The van der Waals surface area contributed by atoms with Crippen molar-refractivity contribution in [2.24, 2.45) is 5.92 Å². The first-order chi connectivity index (χ1) is 14.6. The van der Waals surface area contributed by atoms with Crippen molar-refractivity contribution in [1.29, 1.82) is 0 Å². The molecule has 32 heavy (non-hydrogen) atoms. The molecular formula is C22H31F3N2O5. The number of alkyl halides is 3. The fourth-order valence-electron chi connectivity index (χ4n) is 2.73. The minimum atomic E-state index is -4.49. The van der Waals surface area contributed by atoms with E-state index in [1.165, 1.54) is 4.90 Å². The number of ether oxygens (including phenoxy) is 2. The van der Waals surface area contributed by atoms with Crippen LogP contribution in [0.15, 0.2) is 24.3 Å². The third kappa shape index (κ3) is 9.57. The molecule has 1 rings (SSSR count). The number of halogens is 3. The molecule has 0 radical (unpaired) electrons. The zero-order valence-electron chi connectivity index (χ0n) is 19.2. The smallest absolute Gasteiger partial charge is 0.416 e. The zero-order chi connectivity index (χ0) is 24.7. The summed E-state index contributed by atoms with van der Waals surface area (Å²) in [6.07, 6.45) is -6.46. The Kier molecular flexibility index (Phi) is 9.53. The van der Waals surface area contributed by atoms with Crippen molar-refractivity contribution in [3.05, 3.63) is 29.8 Å². The van der Waals surface area contributed by atoms with Gasteiger partial charge in [0.2, 0.25) is 0 Å². The fraction of sp³-hybridized carbons (Fsp3) is 0.591. The number of nitrogens with one attached hydrogen (secondary N) is 1. The Morgan fingerprint density at radius 2 is 1.62 bits per heavy atom. The average Bonchev–Trinajstić information content (AvgIpc) is 2.62. The second-order valence-electron chi connectivity index (χ2n) is 8.66. The van der Waals surface area contributed by atoms with Gasteiger partial charge in [0.25, 0.3) is 5.91 Å². The number of carbonyl (C=O) groups excluding carboxylic acids is 3. The molecule has 0 heterocycles. The number of carbonyl (C=O) groups is 3. The van der Waals surface area contributed by atoms with E-state index in [1.807, 2.05) is 13.8 Å². The second-order valence-corrected chi connectivity index (χ2v) is 8.66. The standard InChI is InChI=1S/C22H31F3N2O5/c1-7-27(13-18(28)32-21(4,5)6)19(29)17(12-14(2)3)31-20(30)26-16-10-8-15(9-11-16)22(23,24)25/h8-11,14,17H,7,12-13H2,1-6H3,(H,26,30). The van der Waals surface area contributed by atoms with E-state index in [9.17, 15) is 27.6 Å². The summed E-state index contributed by atoms with van der Waals surface area (Å²) in [5.74, 6) is -1.16. The lowest BCUT2D eigenvalue weighted by atomic mass is 10.0. The molecule has 7 nitrogen and oxygen atoms in total. The van der Waals surface area contributed by atoms with Crippen LogP contribution >= 0.6 is 0 Å². The highest BCUT2D eigenvalue weighted by Crippen LogP contribution is 2.29. The van der Waals surface area contributed by atoms with Gasteiger partial charge in [0.05, 0.1) is 5.56 Å². The number of likely N-dealkylation sites (N-methyl/N-ethyl adjacent to an activating group) is 1. The van der Waals surface area contributed by atoms with Gasteiger partial charge in [-0.05, 0) is 64.3 Å². The van der Waals surface area contributed by atoms with E-state index in [1.54, 1.807) is 27.7 Å². The first-order valence-corrected chi connectivity index (χ1v) is 10.3. The number of esters is 1. The first kappa shape index (κ1) is 27.3. The number of nitrogens with zero attached hydrogens (tertiary/aromatic N) is 1. The highest BCUT2D eigenvalue weighted by atomic mass is 19.4. The van der Waals surface area contributed by atoms with Crippen molar-refractivity contribution < 1.29 is 37.0 Å². The number of hydrogen-bond acceptors (Lipinski definition) is 5. The summed E-state index contributed by atoms with van der Waals surface area (Å²) in [6, 6.07) is 3.83. The van der Waals surface area contributed by atoms with Gasteiger partial charge in [-0.25, -0.2) is 4.79 Å². The fourth-order valence-corrected chi connectivity index (χ4v) is 2.73. The summed E-state index contributed by atoms with van der Waals surface area (Å²) in [7, 11) is 0. The van der Waals surface area contributed by atoms with E-state index < -0.39 is 41.4 Å². The number of benzene rings is 1. The third-order valence-electron chi connectivity index (χ3n) is 4.10. The second kappa shape index (κ2) is 11.2. The molecule has 0 bridgehead atoms. The summed E-state index contributed by atoms with van der Waals surface area (Å²) < 4.78 is 48.5. The molecule has 10 heteroatoms. The topological polar surface area (TPSA) is 84.9 Å². The Labute approximate surface area is 186 Å². The van der Waals surface area contributed by atoms with Crippen LogP contribution in [-0.4, -0.2) is 47.7 Å². The van der Waals surface area contributed by atoms with E-state index in [4.69, 9.17) is 9.47 Å². The lowest BCUT2D eigenvalue weighted by Crippen LogP contribution is -2.45. The molecule has 1 aromatic rings. The minimum absolute atomic E-state index is 0.0111. The Bertz CT molecular complexity index is 786. The first-order valence-electron chi connectivity index (χ1n) is 10.3. The number of rotatable bonds is 8. The number of hydrogen-bond donors (Lipinski definition) is 1. The van der Waals surface area contributed by atoms with Gasteiger partial charge in [-0.3, -0.25) is 14.9 Å². The summed E-state index contributed by atoms with van der Waals surface area (Å²) in [4.78, 5) is 38.6. The third-order valence-corrected chi connectivity index (χ3v) is 4.10. The van der Waals surface area contributed by atoms with Gasteiger partial charge in [0.15, 0.2) is 6.10 Å². The Balaban J connectivity index is 2.86. The van der Waals surface area contributed by atoms with Crippen LogP contribution in [0.5, 0.6) is 0 Å². The molecule has 0 aliphatic carbocycles. The van der Waals surface area contributed by atoms with E-state index >= 15 is 0 Å². The maximum Gasteiger partial charge on any atom is 0.416 e. The zero-order valence-corrected chi connectivity index (χ0v) is 19.2. The molecular weight excluding hydrogens is 429 g/mol. The van der Waals surface area contributed by atoms with Crippen LogP contribution in [0.3, 0.4) is 0 Å². The van der Waals surface area contributed by atoms with E-state index in [-0.39, 0.29) is 31.1 Å². The van der Waals surface area contributed by atoms with Crippen molar-refractivity contribution in [2.45, 2.75) is 65.8 Å². The molecule has 1 aromatic carbocycles. The van der Waals surface area contributed by atoms with Gasteiger partial charge in [-0.15, -0.1) is 0 Å². The summed E-state index contributed by atoms with van der Waals surface area (Å²) in [6.45, 7) is 10.4. The van der Waals surface area contributed by atoms with Crippen LogP contribution < -0.4 is 5.32 Å². The van der Waals surface area contributed by atoms with Crippen LogP contribution in [0.4, 0.5) is 23.7 Å². The predicted octanol–water partition coefficient (Wildman–Crippen LogP) is 4.86. The maximum atomic E-state index is 12.9. The van der Waals surface area contributed by atoms with Gasteiger partial charge in [0.1, 0.15) is 12.1 Å². The summed E-state index contributed by atoms with van der Waals surface area (Å²) in [5, 5.41) is 2.32. The lowest BCUT2D eigenvalue weighted by molar-refractivity contribution is -0.160. The lowest BCUT2D eigenvalue weighted by Gasteiger charge is -2.28. The van der Waals surface area contributed by atoms with Crippen LogP contribution in [0.25, 0.3) is 0 Å². The molecule has 1 unspecified atom stereocenters. The van der Waals surface area contributed by atoms with Gasteiger partial charge in [0, 0.05) is 12.2 Å². The van der Waals surface area contributed by atoms with Crippen LogP contribution in [-0.2, 0) is 25.2 Å². The highest BCUT2D eigenvalue weighted by Gasteiger charge is 2.31. The van der Waals surface area contributed by atoms with E-state index in [0.717, 1.165) is 24.3 Å². The molecule has 2 amide bonds. The molecule has 180 valence electrons. The largest absolute Gasteiger partial charge is 0.459 e. The Hall–Kier alpha value is -2.78. The molecule has 0 saturated heterocycles. The van der Waals surface area contributed by atoms with Crippen LogP contribution in [0.1, 0.15) is 53.5 Å². The molecule has 0 aliphatic heterocycles. The van der Waals surface area contributed by atoms with Crippen LogP contribution in [0.2, 0.25) is 0 Å². The van der Waals surface area contributed by atoms with Gasteiger partial charge < -0.3 is 14.4 Å². The van der Waals surface area contributed by atoms with E-state index in [0.29, 0.717) is 0 Å². The number of amides is 2. The van der Waals surface area contributed by atoms with Crippen molar-refractivity contribution in [1.82, 2.24) is 4.90 Å². The van der Waals surface area contributed by atoms with Gasteiger partial charge >= 0.3 is 18.2 Å². The summed E-state index contributed by atoms with van der Waals surface area (Å²) >= 11 is 0. The minimum Gasteiger partial charge on any atom is -0.459 e. The van der Waals surface area contributed by atoms with Crippen molar-refractivity contribution in [2.75, 3.05) is 18.4 Å². The molecule has 0 saturated carbocycles. The monoisotopic (exact) mass is 460 g/mol. The van der Waals surface area contributed by atoms with Gasteiger partial charge in [-0.1, -0.05) is 13.8 Å². The molecule has 0 aromatic heterocycles. The van der Waals surface area contributed by atoms with Gasteiger partial charge in [-0.2, -0.15) is 13.2 Å². The molecule has 0 spiro atoms. The predicted molar refractivity (Wildman–Crippen MR) is 113 cm³/mol. The van der Waals surface area contributed by atoms with Crippen molar-refractivity contribution in [3.63, 3.8) is 0 Å². The molecule has 0 fully saturated rings. The van der Waals surface area contributed by atoms with Crippen molar-refractivity contribution in [3.8, 4) is 0 Å². The molecule has 1 atom stereocenters. The van der Waals surface area contributed by atoms with Crippen molar-refractivity contribution >= 4 is 23.7 Å². The molecule has 0 aliphatic rings. The van der Waals surface area contributed by atoms with E-state index in [2.05, 4.69) is 5.32 Å². The normalized spacial score (nSPS) is 12.8. The maximum absolute atomic E-state index is 12.9. The Morgan fingerprint density at radius 3 is 2.06 bits per heavy atom. The quantitative estimate of drug-likeness (QED) is 0.560. The summed E-state index contributed by atoms with van der Waals surface area (Å²) in [5.41, 5.74) is -1.49. The molecule has 1 N–H and O–H groups in total. The van der Waals surface area contributed by atoms with Crippen LogP contribution in [0, 0.1) is 5.92 Å². The number of anilines is 1. The average molecular weight is 460 g/mol. The highest BCUT2D eigenvalue weighted by molar-refractivity contribution is 5.90.